The lowest BCUT2D eigenvalue weighted by molar-refractivity contribution is -0.133. The van der Waals surface area contributed by atoms with Crippen LogP contribution >= 0.6 is 0 Å². The Kier molecular flexibility index (Phi) is 5.10. The molecule has 2 aliphatic rings. The van der Waals surface area contributed by atoms with E-state index in [2.05, 4.69) is 66.4 Å². The number of likely N-dealkylation sites (tertiary alicyclic amines) is 1. The van der Waals surface area contributed by atoms with E-state index in [0.717, 1.165) is 6.54 Å². The van der Waals surface area contributed by atoms with Gasteiger partial charge in [-0.25, -0.2) is 0 Å². The highest BCUT2D eigenvalue weighted by atomic mass is 16.2. The molecule has 0 unspecified atom stereocenters. The van der Waals surface area contributed by atoms with E-state index in [0.29, 0.717) is 30.1 Å². The Morgan fingerprint density at radius 2 is 1.58 bits per heavy atom. The van der Waals surface area contributed by atoms with Gasteiger partial charge in [0, 0.05) is 13.0 Å². The summed E-state index contributed by atoms with van der Waals surface area (Å²) >= 11 is 0. The summed E-state index contributed by atoms with van der Waals surface area (Å²) in [5.41, 5.74) is 2.60. The van der Waals surface area contributed by atoms with E-state index in [-0.39, 0.29) is 6.04 Å². The minimum Gasteiger partial charge on any atom is -0.336 e. The largest absolute Gasteiger partial charge is 0.336 e. The average molecular weight is 348 g/mol. The van der Waals surface area contributed by atoms with Crippen LogP contribution in [0, 0.1) is 11.8 Å². The highest BCUT2D eigenvalue weighted by Gasteiger charge is 2.40. The fourth-order valence-electron chi connectivity index (χ4n) is 5.15. The number of hydrogen-bond donors (Lipinski definition) is 0. The summed E-state index contributed by atoms with van der Waals surface area (Å²) in [5, 5.41) is 0. The van der Waals surface area contributed by atoms with Crippen molar-refractivity contribution in [2.45, 2.75) is 51.0 Å². The molecule has 0 radical (unpaired) electrons. The summed E-state index contributed by atoms with van der Waals surface area (Å²) < 4.78 is 0. The van der Waals surface area contributed by atoms with Gasteiger partial charge in [-0.05, 0) is 48.6 Å². The maximum atomic E-state index is 13.3. The summed E-state index contributed by atoms with van der Waals surface area (Å²) in [7, 11) is 0. The molecular formula is C24H29NO. The fraction of sp³-hybridized carbons (Fsp3) is 0.458. The summed E-state index contributed by atoms with van der Waals surface area (Å²) in [6.45, 7) is 3.11. The minimum atomic E-state index is 0.154. The van der Waals surface area contributed by atoms with E-state index in [9.17, 15) is 4.79 Å². The van der Waals surface area contributed by atoms with E-state index in [1.54, 1.807) is 0 Å². The van der Waals surface area contributed by atoms with Gasteiger partial charge < -0.3 is 4.90 Å². The number of rotatable bonds is 3. The first-order valence-electron chi connectivity index (χ1n) is 10.1. The standard InChI is InChI=1S/C24H29NO/c1-18(19-10-4-2-5-11-19)25-17-21-14-8-9-15-22(21)23(16-24(25)26)20-12-6-3-7-13-20/h2-7,10-13,18,21-23H,8-9,14-17H2,1H3/t18-,21-,22+,23-/m0/s1. The van der Waals surface area contributed by atoms with Gasteiger partial charge in [-0.2, -0.15) is 0 Å². The zero-order chi connectivity index (χ0) is 17.9. The molecule has 0 bridgehead atoms. The number of carbonyl (C=O) groups excluding carboxylic acids is 1. The molecule has 136 valence electrons. The first-order valence-corrected chi connectivity index (χ1v) is 10.1. The molecule has 1 heterocycles. The van der Waals surface area contributed by atoms with Crippen LogP contribution in [-0.4, -0.2) is 17.4 Å². The fourth-order valence-corrected chi connectivity index (χ4v) is 5.15. The molecule has 1 saturated carbocycles. The number of fused-ring (bicyclic) bond motifs is 1. The molecule has 1 saturated heterocycles. The average Bonchev–Trinajstić information content (AvgIpc) is 2.85. The smallest absolute Gasteiger partial charge is 0.223 e. The molecule has 0 aromatic heterocycles. The number of nitrogens with zero attached hydrogens (tertiary/aromatic N) is 1. The molecule has 0 spiro atoms. The Hall–Kier alpha value is -2.09. The first kappa shape index (κ1) is 17.3. The Morgan fingerprint density at radius 1 is 0.923 bits per heavy atom. The summed E-state index contributed by atoms with van der Waals surface area (Å²) in [6.07, 6.45) is 5.81. The van der Waals surface area contributed by atoms with Crippen LogP contribution in [0.4, 0.5) is 0 Å². The number of amides is 1. The maximum absolute atomic E-state index is 13.3. The summed E-state index contributed by atoms with van der Waals surface area (Å²) in [6, 6.07) is 21.4. The van der Waals surface area contributed by atoms with Crippen LogP contribution in [-0.2, 0) is 4.79 Å². The third kappa shape index (κ3) is 3.42. The molecular weight excluding hydrogens is 318 g/mol. The molecule has 2 aromatic carbocycles. The SMILES string of the molecule is C[C@@H](c1ccccc1)N1C[C@@H]2CCCC[C@H]2[C@H](c2ccccc2)CC1=O. The van der Waals surface area contributed by atoms with Crippen LogP contribution in [0.3, 0.4) is 0 Å². The first-order chi connectivity index (χ1) is 12.7. The van der Waals surface area contributed by atoms with E-state index in [1.807, 2.05) is 6.07 Å². The predicted molar refractivity (Wildman–Crippen MR) is 106 cm³/mol. The number of hydrogen-bond acceptors (Lipinski definition) is 1. The minimum absolute atomic E-state index is 0.154. The molecule has 0 N–H and O–H groups in total. The van der Waals surface area contributed by atoms with Crippen molar-refractivity contribution in [1.29, 1.82) is 0 Å². The van der Waals surface area contributed by atoms with Gasteiger partial charge >= 0.3 is 0 Å². The zero-order valence-electron chi connectivity index (χ0n) is 15.7. The Bertz CT molecular complexity index is 726. The van der Waals surface area contributed by atoms with Crippen LogP contribution in [0.5, 0.6) is 0 Å². The molecule has 4 atom stereocenters. The quantitative estimate of drug-likeness (QED) is 0.711. The Morgan fingerprint density at radius 3 is 2.31 bits per heavy atom. The van der Waals surface area contributed by atoms with E-state index >= 15 is 0 Å². The van der Waals surface area contributed by atoms with Crippen LogP contribution in [0.25, 0.3) is 0 Å². The van der Waals surface area contributed by atoms with Gasteiger partial charge in [-0.1, -0.05) is 73.5 Å². The van der Waals surface area contributed by atoms with Crippen LogP contribution < -0.4 is 0 Å². The Balaban J connectivity index is 1.65. The number of benzene rings is 2. The number of carbonyl (C=O) groups is 1. The molecule has 2 fully saturated rings. The zero-order valence-corrected chi connectivity index (χ0v) is 15.7. The molecule has 1 aliphatic heterocycles. The van der Waals surface area contributed by atoms with Crippen LogP contribution in [0.15, 0.2) is 60.7 Å². The summed E-state index contributed by atoms with van der Waals surface area (Å²) in [5.74, 6) is 1.97. The van der Waals surface area contributed by atoms with Crippen molar-refractivity contribution >= 4 is 5.91 Å². The Labute approximate surface area is 157 Å². The normalized spacial score (nSPS) is 27.5. The highest BCUT2D eigenvalue weighted by Crippen LogP contribution is 2.45. The second kappa shape index (κ2) is 7.65. The summed E-state index contributed by atoms with van der Waals surface area (Å²) in [4.78, 5) is 15.5. The van der Waals surface area contributed by atoms with Crippen molar-refractivity contribution < 1.29 is 4.79 Å². The van der Waals surface area contributed by atoms with Crippen LogP contribution in [0.2, 0.25) is 0 Å². The van der Waals surface area contributed by atoms with Crippen molar-refractivity contribution in [2.24, 2.45) is 11.8 Å². The molecule has 4 rings (SSSR count). The molecule has 1 aliphatic carbocycles. The van der Waals surface area contributed by atoms with Gasteiger partial charge in [0.05, 0.1) is 6.04 Å². The van der Waals surface area contributed by atoms with Gasteiger partial charge in [0.15, 0.2) is 0 Å². The molecule has 26 heavy (non-hydrogen) atoms. The van der Waals surface area contributed by atoms with Crippen molar-refractivity contribution in [3.63, 3.8) is 0 Å². The predicted octanol–water partition coefficient (Wildman–Crippen LogP) is 5.57. The van der Waals surface area contributed by atoms with Gasteiger partial charge in [0.1, 0.15) is 0 Å². The van der Waals surface area contributed by atoms with Crippen molar-refractivity contribution in [3.05, 3.63) is 71.8 Å². The molecule has 2 nitrogen and oxygen atoms in total. The van der Waals surface area contributed by atoms with Crippen LogP contribution in [0.1, 0.15) is 62.1 Å². The third-order valence-corrected chi connectivity index (χ3v) is 6.61. The van der Waals surface area contributed by atoms with Crippen molar-refractivity contribution in [3.8, 4) is 0 Å². The second-order valence-corrected chi connectivity index (χ2v) is 8.06. The lowest BCUT2D eigenvalue weighted by atomic mass is 9.70. The van der Waals surface area contributed by atoms with Crippen molar-refractivity contribution in [1.82, 2.24) is 4.90 Å². The van der Waals surface area contributed by atoms with Gasteiger partial charge in [0.2, 0.25) is 5.91 Å². The van der Waals surface area contributed by atoms with Crippen molar-refractivity contribution in [2.75, 3.05) is 6.54 Å². The lowest BCUT2D eigenvalue weighted by Crippen LogP contribution is -2.37. The van der Waals surface area contributed by atoms with E-state index in [1.165, 1.54) is 36.8 Å². The lowest BCUT2D eigenvalue weighted by Gasteiger charge is -2.37. The van der Waals surface area contributed by atoms with Gasteiger partial charge in [-0.3, -0.25) is 4.79 Å². The monoisotopic (exact) mass is 347 g/mol. The van der Waals surface area contributed by atoms with E-state index < -0.39 is 0 Å². The molecule has 2 aromatic rings. The maximum Gasteiger partial charge on any atom is 0.223 e. The van der Waals surface area contributed by atoms with E-state index in [4.69, 9.17) is 0 Å². The second-order valence-electron chi connectivity index (χ2n) is 8.06. The molecule has 1 amide bonds. The van der Waals surface area contributed by atoms with Gasteiger partial charge in [-0.15, -0.1) is 0 Å². The topological polar surface area (TPSA) is 20.3 Å². The van der Waals surface area contributed by atoms with Gasteiger partial charge in [0.25, 0.3) is 0 Å². The highest BCUT2D eigenvalue weighted by molar-refractivity contribution is 5.78. The third-order valence-electron chi connectivity index (χ3n) is 6.61. The molecule has 2 heteroatoms.